The average molecular weight is 511 g/mol. The molecular formula is C21H26N4O7S2. The average Bonchev–Trinajstić information content (AvgIpc) is 3.14. The van der Waals surface area contributed by atoms with Gasteiger partial charge in [-0.15, -0.1) is 11.3 Å². The van der Waals surface area contributed by atoms with E-state index in [0.717, 1.165) is 11.3 Å². The van der Waals surface area contributed by atoms with E-state index in [-0.39, 0.29) is 40.0 Å². The normalized spacial score (nSPS) is 15.0. The third-order valence-corrected chi connectivity index (χ3v) is 8.54. The topological polar surface area (TPSA) is 148 Å². The molecule has 3 N–H and O–H groups in total. The van der Waals surface area contributed by atoms with E-state index in [2.05, 4.69) is 5.32 Å². The molecule has 2 amide bonds. The number of amides is 2. The Labute approximate surface area is 201 Å². The Hall–Kier alpha value is -3.00. The number of methoxy groups -OCH3 is 2. The van der Waals surface area contributed by atoms with E-state index < -0.39 is 27.8 Å². The summed E-state index contributed by atoms with van der Waals surface area (Å²) in [6.07, 6.45) is 0. The van der Waals surface area contributed by atoms with Gasteiger partial charge >= 0.3 is 5.97 Å². The summed E-state index contributed by atoms with van der Waals surface area (Å²) in [5.41, 5.74) is 5.79. The first-order valence-electron chi connectivity index (χ1n) is 10.3. The van der Waals surface area contributed by atoms with Gasteiger partial charge in [0.05, 0.1) is 36.1 Å². The van der Waals surface area contributed by atoms with Crippen LogP contribution in [-0.4, -0.2) is 82.3 Å². The minimum atomic E-state index is -3.66. The number of esters is 1. The molecule has 2 heterocycles. The second-order valence-corrected chi connectivity index (χ2v) is 10.5. The van der Waals surface area contributed by atoms with E-state index in [1.165, 1.54) is 30.7 Å². The number of nitrogens with one attached hydrogen (secondary N) is 1. The molecule has 0 atom stereocenters. The third kappa shape index (κ3) is 5.38. The van der Waals surface area contributed by atoms with Crippen LogP contribution in [0.2, 0.25) is 0 Å². The summed E-state index contributed by atoms with van der Waals surface area (Å²) in [4.78, 5) is 38.6. The van der Waals surface area contributed by atoms with Crippen molar-refractivity contribution in [2.75, 3.05) is 52.3 Å². The van der Waals surface area contributed by atoms with Crippen LogP contribution in [-0.2, 0) is 19.6 Å². The maximum atomic E-state index is 12.9. The molecule has 11 nitrogen and oxygen atoms in total. The molecule has 0 spiro atoms. The molecule has 0 unspecified atom stereocenters. The molecular weight excluding hydrogens is 484 g/mol. The Bertz CT molecular complexity index is 1180. The molecule has 0 saturated carbocycles. The fourth-order valence-corrected chi connectivity index (χ4v) is 6.06. The van der Waals surface area contributed by atoms with E-state index in [9.17, 15) is 22.8 Å². The second kappa shape index (κ2) is 10.5. The van der Waals surface area contributed by atoms with Gasteiger partial charge in [-0.3, -0.25) is 14.5 Å². The van der Waals surface area contributed by atoms with Crippen LogP contribution in [0.1, 0.15) is 25.6 Å². The molecule has 3 rings (SSSR count). The fourth-order valence-electron chi connectivity index (χ4n) is 3.58. The van der Waals surface area contributed by atoms with Crippen LogP contribution in [0.5, 0.6) is 5.75 Å². The van der Waals surface area contributed by atoms with Crippen molar-refractivity contribution in [2.45, 2.75) is 11.8 Å². The predicted molar refractivity (Wildman–Crippen MR) is 126 cm³/mol. The van der Waals surface area contributed by atoms with Gasteiger partial charge in [-0.1, -0.05) is 0 Å². The van der Waals surface area contributed by atoms with Crippen molar-refractivity contribution in [1.29, 1.82) is 0 Å². The number of anilines is 1. The highest BCUT2D eigenvalue weighted by atomic mass is 32.2. The number of rotatable bonds is 8. The first kappa shape index (κ1) is 25.6. The Kier molecular flexibility index (Phi) is 7.92. The molecule has 0 radical (unpaired) electrons. The summed E-state index contributed by atoms with van der Waals surface area (Å²) in [6.45, 7) is 2.68. The molecule has 184 valence electrons. The zero-order valence-corrected chi connectivity index (χ0v) is 20.6. The SMILES string of the molecule is COC(=O)c1c(NC(=O)CN2CCN(S(=O)(=O)c3ccc(OC)cc3)CC2)sc(C(N)=O)c1C. The number of piperazine rings is 1. The highest BCUT2D eigenvalue weighted by Crippen LogP contribution is 2.33. The van der Waals surface area contributed by atoms with Gasteiger partial charge in [-0.25, -0.2) is 13.2 Å². The van der Waals surface area contributed by atoms with Gasteiger partial charge in [0.25, 0.3) is 5.91 Å². The molecule has 1 fully saturated rings. The highest BCUT2D eigenvalue weighted by Gasteiger charge is 2.30. The summed E-state index contributed by atoms with van der Waals surface area (Å²) in [7, 11) is -0.950. The molecule has 0 aliphatic carbocycles. The number of hydrogen-bond donors (Lipinski definition) is 2. The van der Waals surface area contributed by atoms with Crippen molar-refractivity contribution in [3.05, 3.63) is 40.3 Å². The quantitative estimate of drug-likeness (QED) is 0.498. The van der Waals surface area contributed by atoms with Crippen LogP contribution in [0.3, 0.4) is 0 Å². The van der Waals surface area contributed by atoms with Crippen LogP contribution in [0.15, 0.2) is 29.2 Å². The number of carbonyl (C=O) groups is 3. The summed E-state index contributed by atoms with van der Waals surface area (Å²) < 4.78 is 37.0. The minimum absolute atomic E-state index is 0.0140. The van der Waals surface area contributed by atoms with Crippen LogP contribution in [0.25, 0.3) is 0 Å². The number of ether oxygens (including phenoxy) is 2. The van der Waals surface area contributed by atoms with Crippen molar-refractivity contribution in [1.82, 2.24) is 9.21 Å². The zero-order valence-electron chi connectivity index (χ0n) is 19.0. The summed E-state index contributed by atoms with van der Waals surface area (Å²) >= 11 is 0.910. The van der Waals surface area contributed by atoms with Gasteiger partial charge < -0.3 is 20.5 Å². The summed E-state index contributed by atoms with van der Waals surface area (Å²) in [5.74, 6) is -1.24. The number of carbonyl (C=O) groups excluding carboxylic acids is 3. The molecule has 13 heteroatoms. The largest absolute Gasteiger partial charge is 0.497 e. The lowest BCUT2D eigenvalue weighted by molar-refractivity contribution is -0.117. The second-order valence-electron chi connectivity index (χ2n) is 7.52. The smallest absolute Gasteiger partial charge is 0.341 e. The maximum absolute atomic E-state index is 12.9. The Morgan fingerprint density at radius 1 is 1.09 bits per heavy atom. The Morgan fingerprint density at radius 2 is 1.71 bits per heavy atom. The molecule has 34 heavy (non-hydrogen) atoms. The van der Waals surface area contributed by atoms with E-state index in [1.807, 2.05) is 4.90 Å². The van der Waals surface area contributed by atoms with Crippen molar-refractivity contribution in [2.24, 2.45) is 5.73 Å². The number of primary amides is 1. The third-order valence-electron chi connectivity index (χ3n) is 5.41. The minimum Gasteiger partial charge on any atom is -0.497 e. The number of thiophene rings is 1. The maximum Gasteiger partial charge on any atom is 0.341 e. The van der Waals surface area contributed by atoms with Gasteiger partial charge in [0.2, 0.25) is 15.9 Å². The van der Waals surface area contributed by atoms with Crippen molar-refractivity contribution >= 4 is 44.1 Å². The lowest BCUT2D eigenvalue weighted by atomic mass is 10.1. The first-order chi connectivity index (χ1) is 16.1. The van der Waals surface area contributed by atoms with Crippen LogP contribution < -0.4 is 15.8 Å². The van der Waals surface area contributed by atoms with E-state index in [4.69, 9.17) is 15.2 Å². The first-order valence-corrected chi connectivity index (χ1v) is 12.5. The molecule has 0 bridgehead atoms. The van der Waals surface area contributed by atoms with Gasteiger partial charge in [0, 0.05) is 26.2 Å². The molecule has 1 saturated heterocycles. The van der Waals surface area contributed by atoms with Crippen LogP contribution in [0.4, 0.5) is 5.00 Å². The Balaban J connectivity index is 1.62. The Morgan fingerprint density at radius 3 is 2.24 bits per heavy atom. The molecule has 1 aromatic carbocycles. The molecule has 1 aliphatic heterocycles. The standard InChI is InChI=1S/C21H26N4O7S2/c1-13-17(21(28)32-3)20(33-18(13)19(22)27)23-16(26)12-24-8-10-25(11-9-24)34(29,30)15-6-4-14(31-2)5-7-15/h4-7H,8-12H2,1-3H3,(H2,22,27)(H,23,26). The number of nitrogens with zero attached hydrogens (tertiary/aromatic N) is 2. The van der Waals surface area contributed by atoms with Crippen molar-refractivity contribution in [3.63, 3.8) is 0 Å². The number of sulfonamides is 1. The molecule has 2 aromatic rings. The monoisotopic (exact) mass is 510 g/mol. The van der Waals surface area contributed by atoms with Gasteiger partial charge in [-0.05, 0) is 36.8 Å². The van der Waals surface area contributed by atoms with Gasteiger partial charge in [-0.2, -0.15) is 4.31 Å². The van der Waals surface area contributed by atoms with Crippen molar-refractivity contribution in [3.8, 4) is 5.75 Å². The number of hydrogen-bond acceptors (Lipinski definition) is 9. The predicted octanol–water partition coefficient (Wildman–Crippen LogP) is 0.896. The van der Waals surface area contributed by atoms with E-state index in [0.29, 0.717) is 24.4 Å². The van der Waals surface area contributed by atoms with E-state index >= 15 is 0 Å². The highest BCUT2D eigenvalue weighted by molar-refractivity contribution is 7.89. The van der Waals surface area contributed by atoms with Gasteiger partial charge in [0.15, 0.2) is 0 Å². The lowest BCUT2D eigenvalue weighted by Gasteiger charge is -2.33. The van der Waals surface area contributed by atoms with Crippen molar-refractivity contribution < 1.29 is 32.3 Å². The molecule has 1 aliphatic rings. The lowest BCUT2D eigenvalue weighted by Crippen LogP contribution is -2.50. The molecule has 1 aromatic heterocycles. The van der Waals surface area contributed by atoms with Gasteiger partial charge in [0.1, 0.15) is 10.8 Å². The van der Waals surface area contributed by atoms with Crippen LogP contribution in [0, 0.1) is 6.92 Å². The van der Waals surface area contributed by atoms with E-state index in [1.54, 1.807) is 19.1 Å². The fraction of sp³-hybridized carbons (Fsp3) is 0.381. The zero-order chi connectivity index (χ0) is 25.0. The summed E-state index contributed by atoms with van der Waals surface area (Å²) in [5, 5.41) is 2.84. The van der Waals surface area contributed by atoms with Crippen LogP contribution >= 0.6 is 11.3 Å². The summed E-state index contributed by atoms with van der Waals surface area (Å²) in [6, 6.07) is 6.17. The number of benzene rings is 1. The number of nitrogens with two attached hydrogens (primary N) is 1.